The predicted molar refractivity (Wildman–Crippen MR) is 51.7 cm³/mol. The van der Waals surface area contributed by atoms with Crippen LogP contribution in [0.5, 0.6) is 0 Å². The summed E-state index contributed by atoms with van der Waals surface area (Å²) in [4.78, 5) is 14.3. The Balaban J connectivity index is 2.56. The lowest BCUT2D eigenvalue weighted by molar-refractivity contribution is 0.149. The molecule has 14 heavy (non-hydrogen) atoms. The van der Waals surface area contributed by atoms with Crippen molar-refractivity contribution in [2.45, 2.75) is 6.04 Å². The lowest BCUT2D eigenvalue weighted by Crippen LogP contribution is -2.23. The van der Waals surface area contributed by atoms with Gasteiger partial charge in [0, 0.05) is 6.20 Å². The summed E-state index contributed by atoms with van der Waals surface area (Å²) in [7, 11) is 0. The molecule has 1 aromatic heterocycles. The van der Waals surface area contributed by atoms with Gasteiger partial charge in [-0.1, -0.05) is 11.6 Å². The van der Waals surface area contributed by atoms with Gasteiger partial charge >= 0.3 is 6.09 Å². The monoisotopic (exact) mass is 215 g/mol. The molecule has 1 heterocycles. The molecule has 1 atom stereocenters. The number of carbonyl (C=O) groups excluding carboxylic acids is 1. The molecule has 6 heteroatoms. The highest BCUT2D eigenvalue weighted by atomic mass is 35.5. The highest BCUT2D eigenvalue weighted by molar-refractivity contribution is 6.30. The van der Waals surface area contributed by atoms with Crippen molar-refractivity contribution in [2.24, 2.45) is 11.5 Å². The smallest absolute Gasteiger partial charge is 0.404 e. The quantitative estimate of drug-likeness (QED) is 0.781. The van der Waals surface area contributed by atoms with E-state index < -0.39 is 12.1 Å². The van der Waals surface area contributed by atoms with Gasteiger partial charge in [0.1, 0.15) is 6.61 Å². The molecule has 0 fully saturated rings. The molecule has 76 valence electrons. The first-order chi connectivity index (χ1) is 6.59. The van der Waals surface area contributed by atoms with Crippen LogP contribution in [0.1, 0.15) is 11.7 Å². The zero-order valence-corrected chi connectivity index (χ0v) is 8.07. The number of primary amides is 1. The number of nitrogens with zero attached hydrogens (tertiary/aromatic N) is 1. The Kier molecular flexibility index (Phi) is 3.67. The molecule has 1 amide bonds. The number of amides is 1. The summed E-state index contributed by atoms with van der Waals surface area (Å²) in [5, 5.41) is 0.525. The molecule has 0 radical (unpaired) electrons. The Bertz CT molecular complexity index is 315. The first-order valence-electron chi connectivity index (χ1n) is 3.89. The van der Waals surface area contributed by atoms with Gasteiger partial charge in [-0.05, 0) is 12.1 Å². The third kappa shape index (κ3) is 3.20. The number of rotatable bonds is 3. The van der Waals surface area contributed by atoms with Crippen LogP contribution in [0.15, 0.2) is 18.3 Å². The van der Waals surface area contributed by atoms with E-state index in [-0.39, 0.29) is 6.61 Å². The van der Waals surface area contributed by atoms with Gasteiger partial charge in [-0.25, -0.2) is 4.79 Å². The lowest BCUT2D eigenvalue weighted by atomic mass is 10.2. The number of nitrogens with two attached hydrogens (primary N) is 2. The van der Waals surface area contributed by atoms with Gasteiger partial charge in [-0.15, -0.1) is 0 Å². The van der Waals surface area contributed by atoms with Gasteiger partial charge in [0.15, 0.2) is 0 Å². The highest BCUT2D eigenvalue weighted by Gasteiger charge is 2.08. The minimum Gasteiger partial charge on any atom is -0.448 e. The molecule has 0 aliphatic carbocycles. The summed E-state index contributed by atoms with van der Waals surface area (Å²) in [6, 6.07) is 2.84. The SMILES string of the molecule is NC(=O)OCC(N)c1ccc(Cl)cn1. The van der Waals surface area contributed by atoms with E-state index in [2.05, 4.69) is 9.72 Å². The number of pyridine rings is 1. The third-order valence-electron chi connectivity index (χ3n) is 1.54. The molecular formula is C8H10ClN3O2. The van der Waals surface area contributed by atoms with Crippen molar-refractivity contribution < 1.29 is 9.53 Å². The van der Waals surface area contributed by atoms with E-state index in [0.717, 1.165) is 0 Å². The van der Waals surface area contributed by atoms with Gasteiger partial charge < -0.3 is 16.2 Å². The zero-order chi connectivity index (χ0) is 10.6. The fourth-order valence-corrected chi connectivity index (χ4v) is 0.976. The summed E-state index contributed by atoms with van der Waals surface area (Å²) in [6.45, 7) is 0.00393. The molecule has 4 N–H and O–H groups in total. The van der Waals surface area contributed by atoms with Crippen LogP contribution >= 0.6 is 11.6 Å². The van der Waals surface area contributed by atoms with Crippen molar-refractivity contribution in [1.29, 1.82) is 0 Å². The van der Waals surface area contributed by atoms with E-state index in [0.29, 0.717) is 10.7 Å². The summed E-state index contributed by atoms with van der Waals surface area (Å²) in [6.07, 6.45) is 0.621. The molecule has 5 nitrogen and oxygen atoms in total. The molecule has 0 saturated carbocycles. The first kappa shape index (κ1) is 10.7. The van der Waals surface area contributed by atoms with Gasteiger partial charge in [-0.3, -0.25) is 4.98 Å². The van der Waals surface area contributed by atoms with Crippen LogP contribution in [0.3, 0.4) is 0 Å². The maximum atomic E-state index is 10.3. The minimum atomic E-state index is -0.852. The van der Waals surface area contributed by atoms with Crippen LogP contribution in [-0.4, -0.2) is 17.7 Å². The third-order valence-corrected chi connectivity index (χ3v) is 1.76. The van der Waals surface area contributed by atoms with E-state index in [1.54, 1.807) is 12.1 Å². The van der Waals surface area contributed by atoms with Crippen LogP contribution in [0.2, 0.25) is 5.02 Å². The van der Waals surface area contributed by atoms with Gasteiger partial charge in [0.2, 0.25) is 0 Å². The second-order valence-electron chi connectivity index (χ2n) is 2.64. The number of hydrogen-bond acceptors (Lipinski definition) is 4. The molecule has 0 spiro atoms. The number of aromatic nitrogens is 1. The Morgan fingerprint density at radius 2 is 2.36 bits per heavy atom. The summed E-state index contributed by atoms with van der Waals surface area (Å²) >= 11 is 5.64. The number of hydrogen-bond donors (Lipinski definition) is 2. The largest absolute Gasteiger partial charge is 0.448 e. The van der Waals surface area contributed by atoms with Gasteiger partial charge in [0.05, 0.1) is 16.8 Å². The van der Waals surface area contributed by atoms with E-state index in [1.165, 1.54) is 6.20 Å². The average molecular weight is 216 g/mol. The standard InChI is InChI=1S/C8H10ClN3O2/c9-5-1-2-7(12-3-5)6(10)4-14-8(11)13/h1-3,6H,4,10H2,(H2,11,13). The second kappa shape index (κ2) is 4.78. The molecule has 0 bridgehead atoms. The average Bonchev–Trinajstić information content (AvgIpc) is 2.15. The van der Waals surface area contributed by atoms with Crippen molar-refractivity contribution >= 4 is 17.7 Å². The van der Waals surface area contributed by atoms with Crippen LogP contribution in [0, 0.1) is 0 Å². The van der Waals surface area contributed by atoms with Crippen molar-refractivity contribution in [1.82, 2.24) is 4.98 Å². The van der Waals surface area contributed by atoms with Gasteiger partial charge in [-0.2, -0.15) is 0 Å². The molecule has 0 saturated heterocycles. The highest BCUT2D eigenvalue weighted by Crippen LogP contribution is 2.11. The number of halogens is 1. The van der Waals surface area contributed by atoms with Crippen LogP contribution in [0.4, 0.5) is 4.79 Å². The Labute approximate surface area is 86.0 Å². The summed E-state index contributed by atoms with van der Waals surface area (Å²) < 4.78 is 4.53. The lowest BCUT2D eigenvalue weighted by Gasteiger charge is -2.09. The zero-order valence-electron chi connectivity index (χ0n) is 7.31. The molecule has 1 unspecified atom stereocenters. The molecule has 1 aromatic rings. The number of carbonyl (C=O) groups is 1. The number of ether oxygens (including phenoxy) is 1. The van der Waals surface area contributed by atoms with E-state index in [9.17, 15) is 4.79 Å². The predicted octanol–water partition coefficient (Wildman–Crippen LogP) is 0.830. The van der Waals surface area contributed by atoms with Crippen LogP contribution in [-0.2, 0) is 4.74 Å². The van der Waals surface area contributed by atoms with Crippen molar-refractivity contribution in [2.75, 3.05) is 6.61 Å². The maximum Gasteiger partial charge on any atom is 0.404 e. The Morgan fingerprint density at radius 1 is 1.64 bits per heavy atom. The fourth-order valence-electron chi connectivity index (χ4n) is 0.864. The van der Waals surface area contributed by atoms with Crippen LogP contribution in [0.25, 0.3) is 0 Å². The molecular weight excluding hydrogens is 206 g/mol. The molecule has 0 aliphatic rings. The first-order valence-corrected chi connectivity index (χ1v) is 4.26. The Morgan fingerprint density at radius 3 is 2.86 bits per heavy atom. The summed E-state index contributed by atoms with van der Waals surface area (Å²) in [5.74, 6) is 0. The summed E-state index contributed by atoms with van der Waals surface area (Å²) in [5.41, 5.74) is 11.0. The molecule has 1 rings (SSSR count). The van der Waals surface area contributed by atoms with Crippen molar-refractivity contribution in [3.63, 3.8) is 0 Å². The fraction of sp³-hybridized carbons (Fsp3) is 0.250. The molecule has 0 aromatic carbocycles. The topological polar surface area (TPSA) is 91.2 Å². The van der Waals surface area contributed by atoms with E-state index in [4.69, 9.17) is 23.1 Å². The minimum absolute atomic E-state index is 0.00393. The maximum absolute atomic E-state index is 10.3. The molecule has 0 aliphatic heterocycles. The van der Waals surface area contributed by atoms with E-state index in [1.807, 2.05) is 0 Å². The van der Waals surface area contributed by atoms with E-state index >= 15 is 0 Å². The normalized spacial score (nSPS) is 12.1. The van der Waals surface area contributed by atoms with Crippen molar-refractivity contribution in [3.8, 4) is 0 Å². The van der Waals surface area contributed by atoms with Crippen molar-refractivity contribution in [3.05, 3.63) is 29.0 Å². The Hall–Kier alpha value is -1.33. The van der Waals surface area contributed by atoms with Crippen LogP contribution < -0.4 is 11.5 Å². The second-order valence-corrected chi connectivity index (χ2v) is 3.07. The van der Waals surface area contributed by atoms with Gasteiger partial charge in [0.25, 0.3) is 0 Å².